The molecule has 1 aliphatic heterocycles. The molecule has 0 atom stereocenters. The number of carbonyl (C=O) groups is 3. The number of hydrogen-bond acceptors (Lipinski definition) is 6. The Morgan fingerprint density at radius 2 is 1.65 bits per heavy atom. The van der Waals surface area contributed by atoms with E-state index in [1.165, 1.54) is 21.5 Å². The van der Waals surface area contributed by atoms with Crippen molar-refractivity contribution in [1.29, 1.82) is 0 Å². The van der Waals surface area contributed by atoms with Gasteiger partial charge in [-0.2, -0.15) is 4.31 Å². The number of rotatable bonds is 6. The second kappa shape index (κ2) is 9.75. The highest BCUT2D eigenvalue weighted by Crippen LogP contribution is 2.18. The molecule has 0 saturated carbocycles. The van der Waals surface area contributed by atoms with Gasteiger partial charge in [-0.25, -0.2) is 8.42 Å². The number of amides is 3. The molecule has 3 amide bonds. The van der Waals surface area contributed by atoms with E-state index in [0.717, 1.165) is 5.56 Å². The molecule has 2 aromatic rings. The van der Waals surface area contributed by atoms with Crippen LogP contribution < -0.4 is 10.9 Å². The second-order valence-electron chi connectivity index (χ2n) is 7.08. The molecule has 31 heavy (non-hydrogen) atoms. The third-order valence-corrected chi connectivity index (χ3v) is 6.79. The van der Waals surface area contributed by atoms with Crippen molar-refractivity contribution < 1.29 is 27.2 Å². The standard InChI is InChI=1S/C20H24N4O6S/c1-15-4-6-16(7-5-15)31(28,29)24-12-10-23(11-13-24)19(26)9-8-18(25)21-22-20(27)17-3-2-14-30-17/h2-7,14H,8-13H2,1H3,(H,21,25)(H,22,27). The van der Waals surface area contributed by atoms with Crippen LogP contribution in [0.1, 0.15) is 29.0 Å². The maximum atomic E-state index is 12.7. The Morgan fingerprint density at radius 1 is 0.968 bits per heavy atom. The smallest absolute Gasteiger partial charge is 0.305 e. The number of carbonyl (C=O) groups excluding carboxylic acids is 3. The van der Waals surface area contributed by atoms with Crippen LogP contribution in [0.4, 0.5) is 0 Å². The molecule has 0 spiro atoms. The van der Waals surface area contributed by atoms with Crippen LogP contribution in [0.3, 0.4) is 0 Å². The van der Waals surface area contributed by atoms with Gasteiger partial charge in [0.1, 0.15) is 0 Å². The zero-order valence-corrected chi connectivity index (χ0v) is 17.9. The first-order valence-electron chi connectivity index (χ1n) is 9.74. The first-order valence-corrected chi connectivity index (χ1v) is 11.2. The molecule has 2 N–H and O–H groups in total. The number of benzene rings is 1. The molecule has 3 rings (SSSR count). The molecule has 0 unspecified atom stereocenters. The van der Waals surface area contributed by atoms with Crippen molar-refractivity contribution in [2.75, 3.05) is 26.2 Å². The first-order chi connectivity index (χ1) is 14.8. The fourth-order valence-corrected chi connectivity index (χ4v) is 4.50. The lowest BCUT2D eigenvalue weighted by atomic mass is 10.2. The quantitative estimate of drug-likeness (QED) is 0.625. The topological polar surface area (TPSA) is 129 Å². The van der Waals surface area contributed by atoms with Crippen LogP contribution in [0, 0.1) is 6.92 Å². The van der Waals surface area contributed by atoms with E-state index in [1.807, 2.05) is 6.92 Å². The minimum Gasteiger partial charge on any atom is -0.459 e. The average molecular weight is 449 g/mol. The number of sulfonamides is 1. The summed E-state index contributed by atoms with van der Waals surface area (Å²) in [5.41, 5.74) is 5.39. The summed E-state index contributed by atoms with van der Waals surface area (Å²) in [5, 5.41) is 0. The Bertz CT molecular complexity index is 1030. The van der Waals surface area contributed by atoms with E-state index in [-0.39, 0.29) is 55.6 Å². The van der Waals surface area contributed by atoms with Crippen LogP contribution in [-0.2, 0) is 19.6 Å². The van der Waals surface area contributed by atoms with Gasteiger partial charge in [0.25, 0.3) is 0 Å². The summed E-state index contributed by atoms with van der Waals surface area (Å²) in [6.07, 6.45) is 1.17. The summed E-state index contributed by atoms with van der Waals surface area (Å²) in [7, 11) is -3.60. The lowest BCUT2D eigenvalue weighted by Crippen LogP contribution is -2.50. The number of piperazine rings is 1. The number of nitrogens with zero attached hydrogens (tertiary/aromatic N) is 2. The summed E-state index contributed by atoms with van der Waals surface area (Å²) in [6.45, 7) is 2.76. The predicted molar refractivity (Wildman–Crippen MR) is 110 cm³/mol. The van der Waals surface area contributed by atoms with Gasteiger partial charge in [0.05, 0.1) is 11.2 Å². The van der Waals surface area contributed by atoms with Crippen molar-refractivity contribution in [1.82, 2.24) is 20.1 Å². The zero-order valence-electron chi connectivity index (χ0n) is 17.0. The molecule has 1 aromatic carbocycles. The molecular formula is C20H24N4O6S. The van der Waals surface area contributed by atoms with Gasteiger partial charge in [0.2, 0.25) is 21.8 Å². The maximum absolute atomic E-state index is 12.7. The number of hydrazine groups is 1. The van der Waals surface area contributed by atoms with E-state index in [4.69, 9.17) is 4.42 Å². The predicted octanol–water partition coefficient (Wildman–Crippen LogP) is 0.662. The summed E-state index contributed by atoms with van der Waals surface area (Å²) in [4.78, 5) is 37.7. The average Bonchev–Trinajstić information content (AvgIpc) is 3.31. The van der Waals surface area contributed by atoms with Gasteiger partial charge in [-0.3, -0.25) is 25.2 Å². The highest BCUT2D eigenvalue weighted by Gasteiger charge is 2.30. The summed E-state index contributed by atoms with van der Waals surface area (Å²) >= 11 is 0. The Hall–Kier alpha value is -3.18. The molecule has 1 saturated heterocycles. The molecule has 0 aliphatic carbocycles. The number of furan rings is 1. The van der Waals surface area contributed by atoms with Crippen LogP contribution >= 0.6 is 0 Å². The van der Waals surface area contributed by atoms with Crippen LogP contribution in [0.15, 0.2) is 52.0 Å². The largest absolute Gasteiger partial charge is 0.459 e. The highest BCUT2D eigenvalue weighted by atomic mass is 32.2. The molecule has 11 heteroatoms. The fraction of sp³-hybridized carbons (Fsp3) is 0.350. The molecule has 0 radical (unpaired) electrons. The maximum Gasteiger partial charge on any atom is 0.305 e. The van der Waals surface area contributed by atoms with Crippen LogP contribution in [0.25, 0.3) is 0 Å². The van der Waals surface area contributed by atoms with E-state index >= 15 is 0 Å². The second-order valence-corrected chi connectivity index (χ2v) is 9.02. The van der Waals surface area contributed by atoms with Crippen molar-refractivity contribution in [2.45, 2.75) is 24.7 Å². The van der Waals surface area contributed by atoms with Crippen molar-refractivity contribution in [2.24, 2.45) is 0 Å². The number of nitrogens with one attached hydrogen (secondary N) is 2. The van der Waals surface area contributed by atoms with Gasteiger partial charge in [0, 0.05) is 39.0 Å². The van der Waals surface area contributed by atoms with Gasteiger partial charge in [-0.05, 0) is 31.2 Å². The Labute approximate surface area is 180 Å². The SMILES string of the molecule is Cc1ccc(S(=O)(=O)N2CCN(C(=O)CCC(=O)NNC(=O)c3ccco3)CC2)cc1. The van der Waals surface area contributed by atoms with Gasteiger partial charge >= 0.3 is 5.91 Å². The first kappa shape index (κ1) is 22.5. The Morgan fingerprint density at radius 3 is 2.26 bits per heavy atom. The van der Waals surface area contributed by atoms with E-state index < -0.39 is 21.8 Å². The minimum atomic E-state index is -3.60. The summed E-state index contributed by atoms with van der Waals surface area (Å²) in [6, 6.07) is 9.63. The molecule has 0 bridgehead atoms. The summed E-state index contributed by atoms with van der Waals surface area (Å²) in [5.74, 6) is -1.32. The van der Waals surface area contributed by atoms with E-state index in [2.05, 4.69) is 10.9 Å². The van der Waals surface area contributed by atoms with Gasteiger partial charge < -0.3 is 9.32 Å². The molecule has 2 heterocycles. The van der Waals surface area contributed by atoms with Crippen molar-refractivity contribution in [3.8, 4) is 0 Å². The third kappa shape index (κ3) is 5.70. The van der Waals surface area contributed by atoms with E-state index in [0.29, 0.717) is 0 Å². The minimum absolute atomic E-state index is 0.0484. The molecular weight excluding hydrogens is 424 g/mol. The third-order valence-electron chi connectivity index (χ3n) is 4.88. The van der Waals surface area contributed by atoms with E-state index in [1.54, 1.807) is 30.3 Å². The monoisotopic (exact) mass is 448 g/mol. The van der Waals surface area contributed by atoms with Crippen molar-refractivity contribution in [3.05, 3.63) is 54.0 Å². The van der Waals surface area contributed by atoms with Crippen LogP contribution in [0.5, 0.6) is 0 Å². The molecule has 1 aromatic heterocycles. The van der Waals surface area contributed by atoms with Gasteiger partial charge in [-0.15, -0.1) is 0 Å². The molecule has 166 valence electrons. The molecule has 1 aliphatic rings. The van der Waals surface area contributed by atoms with Crippen molar-refractivity contribution in [3.63, 3.8) is 0 Å². The highest BCUT2D eigenvalue weighted by molar-refractivity contribution is 7.89. The lowest BCUT2D eigenvalue weighted by Gasteiger charge is -2.34. The zero-order chi connectivity index (χ0) is 22.4. The Balaban J connectivity index is 1.42. The normalized spacial score (nSPS) is 14.8. The summed E-state index contributed by atoms with van der Waals surface area (Å²) < 4.78 is 31.7. The van der Waals surface area contributed by atoms with Crippen LogP contribution in [0.2, 0.25) is 0 Å². The van der Waals surface area contributed by atoms with Crippen molar-refractivity contribution >= 4 is 27.7 Å². The fourth-order valence-electron chi connectivity index (χ4n) is 3.07. The lowest BCUT2D eigenvalue weighted by molar-refractivity contribution is -0.134. The Kier molecular flexibility index (Phi) is 7.08. The number of hydrogen-bond donors (Lipinski definition) is 2. The molecule has 10 nitrogen and oxygen atoms in total. The van der Waals surface area contributed by atoms with Gasteiger partial charge in [0.15, 0.2) is 5.76 Å². The number of aryl methyl sites for hydroxylation is 1. The van der Waals surface area contributed by atoms with Gasteiger partial charge in [-0.1, -0.05) is 17.7 Å². The molecule has 1 fully saturated rings. The van der Waals surface area contributed by atoms with Crippen LogP contribution in [-0.4, -0.2) is 61.5 Å². The van der Waals surface area contributed by atoms with E-state index in [9.17, 15) is 22.8 Å².